The van der Waals surface area contributed by atoms with Crippen LogP contribution in [-0.4, -0.2) is 0 Å². The van der Waals surface area contributed by atoms with Gasteiger partial charge in [-0.25, -0.2) is 0 Å². The topological polar surface area (TPSA) is 12.0 Å². The van der Waals surface area contributed by atoms with Gasteiger partial charge >= 0.3 is 0 Å². The summed E-state index contributed by atoms with van der Waals surface area (Å²) in [6.45, 7) is 4.21. The van der Waals surface area contributed by atoms with Gasteiger partial charge in [-0.3, -0.25) is 0 Å². The van der Waals surface area contributed by atoms with Crippen LogP contribution in [0.2, 0.25) is 5.02 Å². The number of hydrogen-bond donors (Lipinski definition) is 1. The molecule has 1 atom stereocenters. The van der Waals surface area contributed by atoms with Crippen LogP contribution in [0.15, 0.2) is 36.4 Å². The molecule has 2 heteroatoms. The van der Waals surface area contributed by atoms with Crippen LogP contribution in [0.5, 0.6) is 0 Å². The Bertz CT molecular complexity index is 604. The van der Waals surface area contributed by atoms with Crippen LogP contribution < -0.4 is 5.32 Å². The van der Waals surface area contributed by atoms with E-state index < -0.39 is 0 Å². The third kappa shape index (κ3) is 1.89. The molecule has 0 saturated heterocycles. The Morgan fingerprint density at radius 3 is 2.78 bits per heavy atom. The molecule has 0 fully saturated rings. The number of rotatable bonds is 1. The molecular weight excluding hydrogens is 242 g/mol. The highest BCUT2D eigenvalue weighted by Crippen LogP contribution is 2.38. The molecule has 0 saturated carbocycles. The van der Waals surface area contributed by atoms with Gasteiger partial charge in [-0.15, -0.1) is 0 Å². The molecule has 2 aromatic rings. The van der Waals surface area contributed by atoms with E-state index >= 15 is 0 Å². The van der Waals surface area contributed by atoms with Gasteiger partial charge in [-0.05, 0) is 43.0 Å². The minimum Gasteiger partial charge on any atom is -0.377 e. The Hall–Kier alpha value is -1.47. The van der Waals surface area contributed by atoms with Gasteiger partial charge in [0.05, 0.1) is 6.04 Å². The van der Waals surface area contributed by atoms with Crippen molar-refractivity contribution in [1.82, 2.24) is 0 Å². The van der Waals surface area contributed by atoms with Gasteiger partial charge in [0.2, 0.25) is 0 Å². The molecule has 0 spiro atoms. The maximum absolute atomic E-state index is 6.17. The Balaban J connectivity index is 1.96. The summed E-state index contributed by atoms with van der Waals surface area (Å²) in [6, 6.07) is 13.2. The third-order valence-electron chi connectivity index (χ3n) is 3.67. The van der Waals surface area contributed by atoms with Crippen LogP contribution in [0.4, 0.5) is 5.69 Å². The maximum atomic E-state index is 6.17. The molecular formula is C16H16ClN. The first kappa shape index (κ1) is 11.6. The molecule has 92 valence electrons. The molecule has 0 amide bonds. The van der Waals surface area contributed by atoms with Gasteiger partial charge in [0.25, 0.3) is 0 Å². The lowest BCUT2D eigenvalue weighted by Crippen LogP contribution is -2.06. The predicted octanol–water partition coefficient (Wildman–Crippen LogP) is 4.67. The SMILES string of the molecule is Cc1cccc(C2Cc3ccc(Cl)c(C)c3N2)c1. The van der Waals surface area contributed by atoms with E-state index in [1.165, 1.54) is 22.4 Å². The number of nitrogens with one attached hydrogen (secondary N) is 1. The summed E-state index contributed by atoms with van der Waals surface area (Å²) in [5, 5.41) is 4.44. The monoisotopic (exact) mass is 257 g/mol. The third-order valence-corrected chi connectivity index (χ3v) is 4.08. The highest BCUT2D eigenvalue weighted by molar-refractivity contribution is 6.31. The van der Waals surface area contributed by atoms with Gasteiger partial charge in [0.15, 0.2) is 0 Å². The zero-order chi connectivity index (χ0) is 12.7. The van der Waals surface area contributed by atoms with E-state index in [2.05, 4.69) is 49.5 Å². The van der Waals surface area contributed by atoms with Crippen molar-refractivity contribution in [3.05, 3.63) is 63.7 Å². The maximum Gasteiger partial charge on any atom is 0.0555 e. The Kier molecular flexibility index (Phi) is 2.79. The number of benzene rings is 2. The minimum absolute atomic E-state index is 0.372. The van der Waals surface area contributed by atoms with Crippen molar-refractivity contribution < 1.29 is 0 Å². The summed E-state index contributed by atoms with van der Waals surface area (Å²) >= 11 is 6.17. The van der Waals surface area contributed by atoms with E-state index in [1.807, 2.05) is 6.07 Å². The molecule has 0 bridgehead atoms. The Morgan fingerprint density at radius 1 is 1.17 bits per heavy atom. The average molecular weight is 258 g/mol. The smallest absolute Gasteiger partial charge is 0.0555 e. The van der Waals surface area contributed by atoms with Crippen molar-refractivity contribution in [2.24, 2.45) is 0 Å². The van der Waals surface area contributed by atoms with E-state index in [0.29, 0.717) is 6.04 Å². The standard InChI is InChI=1S/C16H16ClN/c1-10-4-3-5-12(8-10)15-9-13-6-7-14(17)11(2)16(13)18-15/h3-8,15,18H,9H2,1-2H3. The first-order valence-corrected chi connectivity index (χ1v) is 6.64. The summed E-state index contributed by atoms with van der Waals surface area (Å²) in [5.41, 5.74) is 6.39. The van der Waals surface area contributed by atoms with Gasteiger partial charge in [0.1, 0.15) is 0 Å². The number of aryl methyl sites for hydroxylation is 1. The highest BCUT2D eigenvalue weighted by Gasteiger charge is 2.24. The molecule has 1 nitrogen and oxygen atoms in total. The number of hydrogen-bond acceptors (Lipinski definition) is 1. The summed E-state index contributed by atoms with van der Waals surface area (Å²) < 4.78 is 0. The van der Waals surface area contributed by atoms with Crippen LogP contribution >= 0.6 is 11.6 Å². The second-order valence-electron chi connectivity index (χ2n) is 5.02. The molecule has 1 aliphatic heterocycles. The summed E-state index contributed by atoms with van der Waals surface area (Å²) in [4.78, 5) is 0. The van der Waals surface area contributed by atoms with E-state index in [1.54, 1.807) is 0 Å². The second kappa shape index (κ2) is 4.33. The molecule has 1 N–H and O–H groups in total. The average Bonchev–Trinajstić information content (AvgIpc) is 2.79. The zero-order valence-corrected chi connectivity index (χ0v) is 11.4. The van der Waals surface area contributed by atoms with Crippen LogP contribution in [0.25, 0.3) is 0 Å². The Morgan fingerprint density at radius 2 is 2.00 bits per heavy atom. The van der Waals surface area contributed by atoms with Crippen molar-refractivity contribution in [2.75, 3.05) is 5.32 Å². The van der Waals surface area contributed by atoms with Crippen LogP contribution in [0.3, 0.4) is 0 Å². The fourth-order valence-electron chi connectivity index (χ4n) is 2.65. The molecule has 18 heavy (non-hydrogen) atoms. The van der Waals surface area contributed by atoms with Gasteiger partial charge < -0.3 is 5.32 Å². The zero-order valence-electron chi connectivity index (χ0n) is 10.6. The van der Waals surface area contributed by atoms with Crippen LogP contribution in [0.1, 0.15) is 28.3 Å². The van der Waals surface area contributed by atoms with Crippen molar-refractivity contribution >= 4 is 17.3 Å². The highest BCUT2D eigenvalue weighted by atomic mass is 35.5. The lowest BCUT2D eigenvalue weighted by atomic mass is 10.0. The molecule has 0 aliphatic carbocycles. The van der Waals surface area contributed by atoms with Gasteiger partial charge in [0, 0.05) is 10.7 Å². The number of anilines is 1. The van der Waals surface area contributed by atoms with Gasteiger partial charge in [-0.2, -0.15) is 0 Å². The number of fused-ring (bicyclic) bond motifs is 1. The summed E-state index contributed by atoms with van der Waals surface area (Å²) in [7, 11) is 0. The lowest BCUT2D eigenvalue weighted by Gasteiger charge is -2.13. The van der Waals surface area contributed by atoms with E-state index in [4.69, 9.17) is 11.6 Å². The van der Waals surface area contributed by atoms with Crippen molar-refractivity contribution in [1.29, 1.82) is 0 Å². The minimum atomic E-state index is 0.372. The van der Waals surface area contributed by atoms with Crippen LogP contribution in [-0.2, 0) is 6.42 Å². The van der Waals surface area contributed by atoms with Crippen LogP contribution in [0, 0.1) is 13.8 Å². The molecule has 1 aliphatic rings. The van der Waals surface area contributed by atoms with Crippen molar-refractivity contribution in [2.45, 2.75) is 26.3 Å². The van der Waals surface area contributed by atoms with Gasteiger partial charge in [-0.1, -0.05) is 47.5 Å². The number of halogens is 1. The van der Waals surface area contributed by atoms with Crippen molar-refractivity contribution in [3.8, 4) is 0 Å². The fraction of sp³-hybridized carbons (Fsp3) is 0.250. The normalized spacial score (nSPS) is 17.4. The molecule has 3 rings (SSSR count). The largest absolute Gasteiger partial charge is 0.377 e. The molecule has 0 radical (unpaired) electrons. The first-order valence-electron chi connectivity index (χ1n) is 6.26. The quantitative estimate of drug-likeness (QED) is 0.783. The first-order chi connectivity index (χ1) is 8.65. The van der Waals surface area contributed by atoms with Crippen molar-refractivity contribution in [3.63, 3.8) is 0 Å². The molecule has 1 unspecified atom stereocenters. The molecule has 2 aromatic carbocycles. The predicted molar refractivity (Wildman–Crippen MR) is 77.4 cm³/mol. The molecule has 0 aromatic heterocycles. The van der Waals surface area contributed by atoms with E-state index in [-0.39, 0.29) is 0 Å². The molecule has 1 heterocycles. The van der Waals surface area contributed by atoms with E-state index in [0.717, 1.165) is 17.0 Å². The lowest BCUT2D eigenvalue weighted by molar-refractivity contribution is 0.823. The second-order valence-corrected chi connectivity index (χ2v) is 5.43. The fourth-order valence-corrected chi connectivity index (χ4v) is 2.80. The summed E-state index contributed by atoms with van der Waals surface area (Å²) in [5.74, 6) is 0. The summed E-state index contributed by atoms with van der Waals surface area (Å²) in [6.07, 6.45) is 1.04. The Labute approximate surface area is 113 Å². The van der Waals surface area contributed by atoms with E-state index in [9.17, 15) is 0 Å².